The molecule has 0 radical (unpaired) electrons. The number of benzene rings is 5. The summed E-state index contributed by atoms with van der Waals surface area (Å²) in [5.74, 6) is -2.72. The first-order valence-electron chi connectivity index (χ1n) is 13.1. The lowest BCUT2D eigenvalue weighted by Crippen LogP contribution is -2.33. The highest BCUT2D eigenvalue weighted by Crippen LogP contribution is 2.43. The van der Waals surface area contributed by atoms with Gasteiger partial charge in [0.15, 0.2) is 11.6 Å². The first kappa shape index (κ1) is 30.9. The third kappa shape index (κ3) is 5.68. The summed E-state index contributed by atoms with van der Waals surface area (Å²) < 4.78 is 60.7. The standard InChI is InChI=1S/C33H29F3O2S4/c1-16-27(32(2,3)37-25-14-21(41)12-17-10-19(39)6-8-23(17)25)30(35)31(36)28(29(16)34)33(4,5)38-26-15-22(42)13-18-11-20(40)7-9-24(18)26/h6-15,39-42H,1-5H3. The molecular formula is C33H29F3O2S4. The van der Waals surface area contributed by atoms with Gasteiger partial charge in [0.2, 0.25) is 0 Å². The Kier molecular flexibility index (Phi) is 8.20. The molecule has 0 amide bonds. The fourth-order valence-corrected chi connectivity index (χ4v) is 6.40. The molecule has 2 nitrogen and oxygen atoms in total. The van der Waals surface area contributed by atoms with E-state index in [1.165, 1.54) is 20.8 Å². The van der Waals surface area contributed by atoms with Gasteiger partial charge in [-0.2, -0.15) is 0 Å². The van der Waals surface area contributed by atoms with E-state index in [1.54, 1.807) is 44.2 Å². The molecule has 0 saturated heterocycles. The molecule has 0 fully saturated rings. The van der Waals surface area contributed by atoms with E-state index in [-0.39, 0.29) is 11.1 Å². The molecule has 218 valence electrons. The Labute approximate surface area is 265 Å². The molecule has 0 saturated carbocycles. The number of thiol groups is 4. The molecule has 5 aromatic carbocycles. The van der Waals surface area contributed by atoms with Gasteiger partial charge in [-0.25, -0.2) is 13.2 Å². The minimum Gasteiger partial charge on any atom is -0.482 e. The smallest absolute Gasteiger partial charge is 0.169 e. The van der Waals surface area contributed by atoms with Gasteiger partial charge < -0.3 is 9.47 Å². The Balaban J connectivity index is 1.59. The second-order valence-electron chi connectivity index (χ2n) is 11.2. The molecule has 42 heavy (non-hydrogen) atoms. The second-order valence-corrected chi connectivity index (χ2v) is 13.3. The Morgan fingerprint density at radius 3 is 1.36 bits per heavy atom. The van der Waals surface area contributed by atoms with Crippen LogP contribution in [0.1, 0.15) is 44.4 Å². The predicted octanol–water partition coefficient (Wildman–Crippen LogP) is 10.5. The molecule has 0 aromatic heterocycles. The fourth-order valence-electron chi connectivity index (χ4n) is 5.46. The van der Waals surface area contributed by atoms with E-state index in [9.17, 15) is 0 Å². The molecule has 0 N–H and O–H groups in total. The minimum atomic E-state index is -1.60. The van der Waals surface area contributed by atoms with Crippen LogP contribution in [0.5, 0.6) is 11.5 Å². The van der Waals surface area contributed by atoms with Crippen LogP contribution in [-0.4, -0.2) is 0 Å². The van der Waals surface area contributed by atoms with Gasteiger partial charge in [-0.3, -0.25) is 0 Å². The average molecular weight is 643 g/mol. The van der Waals surface area contributed by atoms with Gasteiger partial charge in [-0.05, 0) is 112 Å². The summed E-state index contributed by atoms with van der Waals surface area (Å²) in [5, 5.41) is 3.04. The quantitative estimate of drug-likeness (QED) is 0.109. The number of hydrogen-bond acceptors (Lipinski definition) is 6. The van der Waals surface area contributed by atoms with Crippen molar-refractivity contribution in [3.05, 3.63) is 94.8 Å². The van der Waals surface area contributed by atoms with E-state index in [0.29, 0.717) is 26.7 Å². The maximum Gasteiger partial charge on any atom is 0.169 e. The van der Waals surface area contributed by atoms with Gasteiger partial charge in [0, 0.05) is 35.9 Å². The first-order chi connectivity index (χ1) is 19.6. The Morgan fingerprint density at radius 2 is 0.905 bits per heavy atom. The van der Waals surface area contributed by atoms with Crippen LogP contribution in [-0.2, 0) is 11.2 Å². The topological polar surface area (TPSA) is 18.5 Å². The molecule has 0 bridgehead atoms. The van der Waals surface area contributed by atoms with E-state index in [2.05, 4.69) is 50.5 Å². The van der Waals surface area contributed by atoms with Gasteiger partial charge >= 0.3 is 0 Å². The highest BCUT2D eigenvalue weighted by Gasteiger charge is 2.40. The van der Waals surface area contributed by atoms with E-state index in [0.717, 1.165) is 25.9 Å². The summed E-state index contributed by atoms with van der Waals surface area (Å²) in [7, 11) is 0. The number of ether oxygens (including phenoxy) is 2. The Bertz CT molecular complexity index is 1710. The highest BCUT2D eigenvalue weighted by molar-refractivity contribution is 7.80. The minimum absolute atomic E-state index is 0.0814. The van der Waals surface area contributed by atoms with E-state index < -0.39 is 34.2 Å². The molecule has 9 heteroatoms. The number of halogens is 3. The van der Waals surface area contributed by atoms with Crippen LogP contribution >= 0.6 is 50.5 Å². The second kappa shape index (κ2) is 11.2. The van der Waals surface area contributed by atoms with E-state index >= 15 is 13.2 Å². The summed E-state index contributed by atoms with van der Waals surface area (Å²) in [6.07, 6.45) is 0. The molecule has 0 aliphatic rings. The van der Waals surface area contributed by atoms with E-state index in [1.807, 2.05) is 30.3 Å². The average Bonchev–Trinajstić information content (AvgIpc) is 2.86. The number of rotatable bonds is 6. The van der Waals surface area contributed by atoms with Crippen LogP contribution in [0.25, 0.3) is 21.5 Å². The van der Waals surface area contributed by atoms with Crippen molar-refractivity contribution in [1.82, 2.24) is 0 Å². The van der Waals surface area contributed by atoms with Gasteiger partial charge in [0.25, 0.3) is 0 Å². The molecule has 0 heterocycles. The molecule has 0 aliphatic carbocycles. The van der Waals surface area contributed by atoms with Crippen LogP contribution in [0.3, 0.4) is 0 Å². The summed E-state index contributed by atoms with van der Waals surface area (Å²) in [6.45, 7) is 7.55. The van der Waals surface area contributed by atoms with Crippen molar-refractivity contribution in [3.63, 3.8) is 0 Å². The van der Waals surface area contributed by atoms with Crippen molar-refractivity contribution in [1.29, 1.82) is 0 Å². The zero-order valence-corrected chi connectivity index (χ0v) is 27.1. The predicted molar refractivity (Wildman–Crippen MR) is 175 cm³/mol. The summed E-state index contributed by atoms with van der Waals surface area (Å²) in [5.41, 5.74) is -3.90. The lowest BCUT2D eigenvalue weighted by Gasteiger charge is -2.33. The largest absolute Gasteiger partial charge is 0.482 e. The fraction of sp³-hybridized carbons (Fsp3) is 0.212. The summed E-state index contributed by atoms with van der Waals surface area (Å²) >= 11 is 17.7. The van der Waals surface area contributed by atoms with Crippen LogP contribution in [0, 0.1) is 24.4 Å². The molecular weight excluding hydrogens is 614 g/mol. The van der Waals surface area contributed by atoms with E-state index in [4.69, 9.17) is 9.47 Å². The monoisotopic (exact) mass is 642 g/mol. The Hall–Kier alpha value is -2.59. The van der Waals surface area contributed by atoms with Crippen LogP contribution < -0.4 is 9.47 Å². The number of fused-ring (bicyclic) bond motifs is 2. The maximum absolute atomic E-state index is 16.2. The Morgan fingerprint density at radius 1 is 0.524 bits per heavy atom. The van der Waals surface area contributed by atoms with Crippen molar-refractivity contribution < 1.29 is 22.6 Å². The summed E-state index contributed by atoms with van der Waals surface area (Å²) in [6, 6.07) is 17.9. The molecule has 0 aliphatic heterocycles. The van der Waals surface area contributed by atoms with Gasteiger partial charge in [-0.15, -0.1) is 50.5 Å². The lowest BCUT2D eigenvalue weighted by atomic mass is 9.86. The SMILES string of the molecule is Cc1c(F)c(C(C)(C)Oc2cc(S)cc3cc(S)ccc23)c(F)c(F)c1C(C)(C)Oc1cc(S)cc2cc(S)ccc12. The van der Waals surface area contributed by atoms with Crippen molar-refractivity contribution in [2.75, 3.05) is 0 Å². The third-order valence-corrected chi connectivity index (χ3v) is 8.33. The highest BCUT2D eigenvalue weighted by atomic mass is 32.1. The first-order valence-corrected chi connectivity index (χ1v) is 14.9. The van der Waals surface area contributed by atoms with Crippen molar-refractivity contribution >= 4 is 72.1 Å². The zero-order chi connectivity index (χ0) is 30.7. The van der Waals surface area contributed by atoms with Crippen molar-refractivity contribution in [2.45, 2.75) is 65.4 Å². The van der Waals surface area contributed by atoms with Crippen LogP contribution in [0.4, 0.5) is 13.2 Å². The zero-order valence-electron chi connectivity index (χ0n) is 23.5. The van der Waals surface area contributed by atoms with Gasteiger partial charge in [0.1, 0.15) is 28.5 Å². The summed E-state index contributed by atoms with van der Waals surface area (Å²) in [4.78, 5) is 2.69. The maximum atomic E-state index is 16.2. The lowest BCUT2D eigenvalue weighted by molar-refractivity contribution is 0.0925. The normalized spacial score (nSPS) is 12.3. The van der Waals surface area contributed by atoms with Gasteiger partial charge in [0.05, 0.1) is 5.56 Å². The van der Waals surface area contributed by atoms with Crippen LogP contribution in [0.15, 0.2) is 80.2 Å². The molecule has 5 rings (SSSR count). The molecule has 0 atom stereocenters. The van der Waals surface area contributed by atoms with Crippen molar-refractivity contribution in [2.24, 2.45) is 0 Å². The van der Waals surface area contributed by atoms with Gasteiger partial charge in [-0.1, -0.05) is 0 Å². The number of hydrogen-bond donors (Lipinski definition) is 4. The third-order valence-electron chi connectivity index (χ3n) is 7.26. The van der Waals surface area contributed by atoms with Crippen molar-refractivity contribution in [3.8, 4) is 11.5 Å². The molecule has 0 unspecified atom stereocenters. The molecule has 0 spiro atoms. The molecule has 5 aromatic rings. The van der Waals surface area contributed by atoms with Crippen LogP contribution in [0.2, 0.25) is 0 Å².